The van der Waals surface area contributed by atoms with Crippen molar-refractivity contribution in [2.24, 2.45) is 5.73 Å². The van der Waals surface area contributed by atoms with Gasteiger partial charge in [-0.05, 0) is 55.8 Å². The van der Waals surface area contributed by atoms with Crippen LogP contribution in [0.25, 0.3) is 0 Å². The van der Waals surface area contributed by atoms with Gasteiger partial charge >= 0.3 is 0 Å². The largest absolute Gasteiger partial charge is 0.490 e. The van der Waals surface area contributed by atoms with E-state index in [9.17, 15) is 0 Å². The molecule has 0 amide bonds. The number of hydrogen-bond donors (Lipinski definition) is 1. The van der Waals surface area contributed by atoms with Crippen LogP contribution in [0, 0.1) is 0 Å². The molecule has 0 bridgehead atoms. The average Bonchev–Trinajstić information content (AvgIpc) is 2.25. The first-order valence-electron chi connectivity index (χ1n) is 6.26. The molecule has 88 valence electrons. The monoisotopic (exact) mass is 219 g/mol. The second kappa shape index (κ2) is 5.35. The summed E-state index contributed by atoms with van der Waals surface area (Å²) in [4.78, 5) is 0. The summed E-state index contributed by atoms with van der Waals surface area (Å²) in [5.74, 6) is 1.55. The molecule has 0 aromatic heterocycles. The van der Waals surface area contributed by atoms with E-state index in [0.717, 1.165) is 18.7 Å². The van der Waals surface area contributed by atoms with Crippen molar-refractivity contribution >= 4 is 0 Å². The number of ether oxygens (including phenoxy) is 1. The van der Waals surface area contributed by atoms with Gasteiger partial charge in [0.15, 0.2) is 0 Å². The van der Waals surface area contributed by atoms with E-state index < -0.39 is 0 Å². The molecule has 2 heteroatoms. The van der Waals surface area contributed by atoms with Gasteiger partial charge in [-0.2, -0.15) is 0 Å². The maximum Gasteiger partial charge on any atom is 0.119 e. The highest BCUT2D eigenvalue weighted by Gasteiger charge is 2.18. The molecule has 2 N–H and O–H groups in total. The van der Waals surface area contributed by atoms with Gasteiger partial charge in [-0.15, -0.1) is 0 Å². The van der Waals surface area contributed by atoms with Crippen molar-refractivity contribution in [3.63, 3.8) is 0 Å². The molecular weight excluding hydrogens is 198 g/mol. The van der Waals surface area contributed by atoms with Gasteiger partial charge in [-0.25, -0.2) is 0 Å². The molecule has 1 saturated carbocycles. The van der Waals surface area contributed by atoms with Crippen molar-refractivity contribution in [1.29, 1.82) is 0 Å². The number of nitrogens with two attached hydrogens (primary N) is 1. The molecule has 1 aliphatic carbocycles. The highest BCUT2D eigenvalue weighted by Crippen LogP contribution is 2.26. The van der Waals surface area contributed by atoms with Gasteiger partial charge in [0, 0.05) is 0 Å². The Morgan fingerprint density at radius 2 is 2.00 bits per heavy atom. The quantitative estimate of drug-likeness (QED) is 0.826. The fourth-order valence-corrected chi connectivity index (χ4v) is 1.97. The van der Waals surface area contributed by atoms with E-state index in [1.165, 1.54) is 24.8 Å². The predicted octanol–water partition coefficient (Wildman–Crippen LogP) is 3.07. The van der Waals surface area contributed by atoms with Crippen LogP contribution in [0.15, 0.2) is 24.3 Å². The molecule has 1 aliphatic rings. The van der Waals surface area contributed by atoms with E-state index in [1.54, 1.807) is 0 Å². The van der Waals surface area contributed by atoms with Crippen LogP contribution in [0.2, 0.25) is 0 Å². The normalized spacial score (nSPS) is 17.9. The molecule has 0 aliphatic heterocycles. The van der Waals surface area contributed by atoms with E-state index in [0.29, 0.717) is 12.0 Å². The van der Waals surface area contributed by atoms with E-state index in [2.05, 4.69) is 31.2 Å². The van der Waals surface area contributed by atoms with Gasteiger partial charge in [0.25, 0.3) is 0 Å². The zero-order valence-electron chi connectivity index (χ0n) is 9.99. The molecule has 0 spiro atoms. The molecule has 1 unspecified atom stereocenters. The van der Waals surface area contributed by atoms with E-state index in [-0.39, 0.29) is 0 Å². The summed E-state index contributed by atoms with van der Waals surface area (Å²) in [6.45, 7) is 2.97. The van der Waals surface area contributed by atoms with Gasteiger partial charge in [0.1, 0.15) is 5.75 Å². The lowest BCUT2D eigenvalue weighted by molar-refractivity contribution is 0.120. The lowest BCUT2D eigenvalue weighted by Gasteiger charge is -2.26. The molecule has 0 heterocycles. The Balaban J connectivity index is 1.92. The maximum atomic E-state index is 5.82. The van der Waals surface area contributed by atoms with Crippen molar-refractivity contribution in [2.75, 3.05) is 6.54 Å². The number of rotatable bonds is 5. The van der Waals surface area contributed by atoms with Crippen LogP contribution in [-0.2, 0) is 0 Å². The lowest BCUT2D eigenvalue weighted by atomic mass is 9.96. The summed E-state index contributed by atoms with van der Waals surface area (Å²) >= 11 is 0. The Morgan fingerprint density at radius 3 is 2.50 bits per heavy atom. The lowest BCUT2D eigenvalue weighted by Crippen LogP contribution is -2.24. The predicted molar refractivity (Wildman–Crippen MR) is 66.8 cm³/mol. The highest BCUT2D eigenvalue weighted by molar-refractivity contribution is 5.29. The fourth-order valence-electron chi connectivity index (χ4n) is 1.97. The smallest absolute Gasteiger partial charge is 0.119 e. The first-order chi connectivity index (χ1) is 7.79. The van der Waals surface area contributed by atoms with Gasteiger partial charge in [-0.3, -0.25) is 0 Å². The van der Waals surface area contributed by atoms with Crippen molar-refractivity contribution in [1.82, 2.24) is 0 Å². The number of hydrogen-bond acceptors (Lipinski definition) is 2. The zero-order valence-corrected chi connectivity index (χ0v) is 9.99. The van der Waals surface area contributed by atoms with E-state index in [1.807, 2.05) is 0 Å². The van der Waals surface area contributed by atoms with Crippen LogP contribution in [0.3, 0.4) is 0 Å². The third-order valence-electron chi connectivity index (χ3n) is 3.40. The van der Waals surface area contributed by atoms with Crippen LogP contribution >= 0.6 is 0 Å². The second-order valence-corrected chi connectivity index (χ2v) is 4.72. The Morgan fingerprint density at radius 1 is 1.31 bits per heavy atom. The molecule has 0 saturated heterocycles. The maximum absolute atomic E-state index is 5.82. The van der Waals surface area contributed by atoms with Crippen LogP contribution in [0.4, 0.5) is 0 Å². The van der Waals surface area contributed by atoms with Crippen molar-refractivity contribution in [3.05, 3.63) is 29.8 Å². The highest BCUT2D eigenvalue weighted by atomic mass is 16.5. The molecule has 0 radical (unpaired) electrons. The van der Waals surface area contributed by atoms with E-state index >= 15 is 0 Å². The SMILES string of the molecule is CC(CCN)c1ccc(OC2CCC2)cc1. The molecule has 1 aromatic carbocycles. The molecule has 2 rings (SSSR count). The minimum atomic E-state index is 0.465. The summed E-state index contributed by atoms with van der Waals surface area (Å²) in [6.07, 6.45) is 5.25. The summed E-state index contributed by atoms with van der Waals surface area (Å²) in [6, 6.07) is 8.49. The number of benzene rings is 1. The zero-order chi connectivity index (χ0) is 11.4. The van der Waals surface area contributed by atoms with Crippen molar-refractivity contribution < 1.29 is 4.74 Å². The fraction of sp³-hybridized carbons (Fsp3) is 0.571. The van der Waals surface area contributed by atoms with Crippen molar-refractivity contribution in [2.45, 2.75) is 44.6 Å². The molecule has 2 nitrogen and oxygen atoms in total. The summed E-state index contributed by atoms with van der Waals surface area (Å²) < 4.78 is 5.82. The third kappa shape index (κ3) is 2.76. The Kier molecular flexibility index (Phi) is 3.83. The average molecular weight is 219 g/mol. The second-order valence-electron chi connectivity index (χ2n) is 4.72. The summed E-state index contributed by atoms with van der Waals surface area (Å²) in [5, 5.41) is 0. The molecule has 1 aromatic rings. The first-order valence-corrected chi connectivity index (χ1v) is 6.26. The minimum Gasteiger partial charge on any atom is -0.490 e. The van der Waals surface area contributed by atoms with Crippen LogP contribution in [0.1, 0.15) is 44.1 Å². The summed E-state index contributed by atoms with van der Waals surface area (Å²) in [7, 11) is 0. The molecule has 16 heavy (non-hydrogen) atoms. The van der Waals surface area contributed by atoms with Gasteiger partial charge in [-0.1, -0.05) is 19.1 Å². The van der Waals surface area contributed by atoms with Crippen LogP contribution in [-0.4, -0.2) is 12.6 Å². The summed E-state index contributed by atoms with van der Waals surface area (Å²) in [5.41, 5.74) is 6.92. The molecule has 1 fully saturated rings. The minimum absolute atomic E-state index is 0.465. The standard InChI is InChI=1S/C14H21NO/c1-11(9-10-15)12-5-7-14(8-6-12)16-13-3-2-4-13/h5-8,11,13H,2-4,9-10,15H2,1H3. The Bertz CT molecular complexity index is 316. The van der Waals surface area contributed by atoms with Gasteiger partial charge < -0.3 is 10.5 Å². The van der Waals surface area contributed by atoms with Gasteiger partial charge in [0.2, 0.25) is 0 Å². The van der Waals surface area contributed by atoms with Crippen molar-refractivity contribution in [3.8, 4) is 5.75 Å². The molecule has 1 atom stereocenters. The first kappa shape index (κ1) is 11.5. The Labute approximate surface area is 97.8 Å². The third-order valence-corrected chi connectivity index (χ3v) is 3.40. The van der Waals surface area contributed by atoms with Crippen LogP contribution in [0.5, 0.6) is 5.75 Å². The van der Waals surface area contributed by atoms with Gasteiger partial charge in [0.05, 0.1) is 6.10 Å². The topological polar surface area (TPSA) is 35.2 Å². The Hall–Kier alpha value is -1.02. The van der Waals surface area contributed by atoms with Crippen LogP contribution < -0.4 is 10.5 Å². The van der Waals surface area contributed by atoms with E-state index in [4.69, 9.17) is 10.5 Å². The molecular formula is C14H21NO.